The van der Waals surface area contributed by atoms with Crippen LogP contribution in [0.4, 0.5) is 0 Å². The molecule has 0 aromatic carbocycles. The van der Waals surface area contributed by atoms with E-state index in [9.17, 15) is 0 Å². The molecule has 16 heavy (non-hydrogen) atoms. The van der Waals surface area contributed by atoms with Crippen LogP contribution in [0.25, 0.3) is 0 Å². The van der Waals surface area contributed by atoms with E-state index in [0.29, 0.717) is 5.15 Å². The molecule has 82 valence electrons. The van der Waals surface area contributed by atoms with Crippen molar-refractivity contribution < 1.29 is 0 Å². The summed E-state index contributed by atoms with van der Waals surface area (Å²) in [4.78, 5) is 12.5. The third-order valence-electron chi connectivity index (χ3n) is 1.93. The molecule has 0 spiro atoms. The molecular formula is C11H10ClN3S. The molecular weight excluding hydrogens is 242 g/mol. The summed E-state index contributed by atoms with van der Waals surface area (Å²) in [5, 5.41) is 1.30. The molecule has 0 aliphatic rings. The number of rotatable bonds is 3. The number of thioether (sulfide) groups is 1. The van der Waals surface area contributed by atoms with Gasteiger partial charge in [0, 0.05) is 23.8 Å². The SMILES string of the molecule is Cc1ccnc(SCc2ccc(Cl)nc2)n1. The van der Waals surface area contributed by atoms with Crippen molar-refractivity contribution in [3.05, 3.63) is 47.0 Å². The summed E-state index contributed by atoms with van der Waals surface area (Å²) < 4.78 is 0. The van der Waals surface area contributed by atoms with Crippen LogP contribution >= 0.6 is 23.4 Å². The lowest BCUT2D eigenvalue weighted by atomic mass is 10.3. The lowest BCUT2D eigenvalue weighted by molar-refractivity contribution is 0.931. The molecule has 0 saturated carbocycles. The van der Waals surface area contributed by atoms with Crippen LogP contribution in [0.2, 0.25) is 5.15 Å². The van der Waals surface area contributed by atoms with E-state index in [1.165, 1.54) is 0 Å². The van der Waals surface area contributed by atoms with E-state index in [0.717, 1.165) is 22.2 Å². The number of aromatic nitrogens is 3. The Kier molecular flexibility index (Phi) is 3.74. The second-order valence-electron chi connectivity index (χ2n) is 3.26. The maximum Gasteiger partial charge on any atom is 0.188 e. The molecule has 5 heteroatoms. The van der Waals surface area contributed by atoms with Gasteiger partial charge in [-0.2, -0.15) is 0 Å². The Morgan fingerprint density at radius 2 is 2.12 bits per heavy atom. The average molecular weight is 252 g/mol. The van der Waals surface area contributed by atoms with Crippen LogP contribution in [0, 0.1) is 6.92 Å². The molecule has 0 bridgehead atoms. The third kappa shape index (κ3) is 3.18. The summed E-state index contributed by atoms with van der Waals surface area (Å²) in [5.41, 5.74) is 2.09. The van der Waals surface area contributed by atoms with Crippen molar-refractivity contribution in [3.63, 3.8) is 0 Å². The number of halogens is 1. The second-order valence-corrected chi connectivity index (χ2v) is 4.59. The Labute approximate surface area is 103 Å². The van der Waals surface area contributed by atoms with Crippen LogP contribution in [0.15, 0.2) is 35.7 Å². The van der Waals surface area contributed by atoms with Crippen LogP contribution in [0.3, 0.4) is 0 Å². The fourth-order valence-corrected chi connectivity index (χ4v) is 2.06. The molecule has 0 fully saturated rings. The molecule has 2 aromatic heterocycles. The van der Waals surface area contributed by atoms with Gasteiger partial charge < -0.3 is 0 Å². The van der Waals surface area contributed by atoms with Gasteiger partial charge in [-0.05, 0) is 24.6 Å². The predicted molar refractivity (Wildman–Crippen MR) is 65.6 cm³/mol. The first-order valence-electron chi connectivity index (χ1n) is 4.77. The molecule has 0 aliphatic carbocycles. The smallest absolute Gasteiger partial charge is 0.188 e. The Hall–Kier alpha value is -1.13. The maximum absolute atomic E-state index is 5.71. The van der Waals surface area contributed by atoms with Crippen LogP contribution in [-0.2, 0) is 5.75 Å². The summed E-state index contributed by atoms with van der Waals surface area (Å²) in [6.45, 7) is 1.95. The van der Waals surface area contributed by atoms with Crippen molar-refractivity contribution in [2.24, 2.45) is 0 Å². The Morgan fingerprint density at radius 3 is 2.81 bits per heavy atom. The van der Waals surface area contributed by atoms with Crippen molar-refractivity contribution in [1.29, 1.82) is 0 Å². The van der Waals surface area contributed by atoms with Crippen LogP contribution < -0.4 is 0 Å². The van der Waals surface area contributed by atoms with Crippen LogP contribution in [0.5, 0.6) is 0 Å². The first kappa shape index (κ1) is 11.4. The topological polar surface area (TPSA) is 38.7 Å². The average Bonchev–Trinajstić information content (AvgIpc) is 2.28. The van der Waals surface area contributed by atoms with Crippen molar-refractivity contribution in [1.82, 2.24) is 15.0 Å². The van der Waals surface area contributed by atoms with Crippen molar-refractivity contribution in [2.75, 3.05) is 0 Å². The quantitative estimate of drug-likeness (QED) is 0.477. The molecule has 3 nitrogen and oxygen atoms in total. The fourth-order valence-electron chi connectivity index (χ4n) is 1.14. The van der Waals surface area contributed by atoms with E-state index in [1.807, 2.05) is 19.1 Å². The Bertz CT molecular complexity index is 473. The maximum atomic E-state index is 5.71. The van der Waals surface area contributed by atoms with Crippen LogP contribution in [0.1, 0.15) is 11.3 Å². The number of nitrogens with zero attached hydrogens (tertiary/aromatic N) is 3. The van der Waals surface area contributed by atoms with E-state index < -0.39 is 0 Å². The minimum absolute atomic E-state index is 0.514. The van der Waals surface area contributed by atoms with E-state index in [1.54, 1.807) is 30.2 Å². The first-order valence-corrected chi connectivity index (χ1v) is 6.13. The number of pyridine rings is 1. The summed E-state index contributed by atoms with van der Waals surface area (Å²) >= 11 is 7.30. The molecule has 0 N–H and O–H groups in total. The van der Waals surface area contributed by atoms with Crippen LogP contribution in [-0.4, -0.2) is 15.0 Å². The molecule has 2 heterocycles. The second kappa shape index (κ2) is 5.27. The van der Waals surface area contributed by atoms with E-state index in [-0.39, 0.29) is 0 Å². The molecule has 0 unspecified atom stereocenters. The van der Waals surface area contributed by atoms with Crippen molar-refractivity contribution in [3.8, 4) is 0 Å². The highest BCUT2D eigenvalue weighted by Crippen LogP contribution is 2.19. The molecule has 0 atom stereocenters. The zero-order valence-corrected chi connectivity index (χ0v) is 10.3. The monoisotopic (exact) mass is 251 g/mol. The number of aryl methyl sites for hydroxylation is 1. The molecule has 0 radical (unpaired) electrons. The van der Waals surface area contributed by atoms with Gasteiger partial charge in [-0.1, -0.05) is 29.4 Å². The standard InChI is InChI=1S/C11H10ClN3S/c1-8-4-5-13-11(15-8)16-7-9-2-3-10(12)14-6-9/h2-6H,7H2,1H3. The predicted octanol–water partition coefficient (Wildman–Crippen LogP) is 3.13. The van der Waals surface area contributed by atoms with E-state index in [2.05, 4.69) is 15.0 Å². The normalized spacial score (nSPS) is 10.4. The summed E-state index contributed by atoms with van der Waals surface area (Å²) in [5.74, 6) is 0.799. The number of hydrogen-bond donors (Lipinski definition) is 0. The van der Waals surface area contributed by atoms with Gasteiger partial charge in [0.1, 0.15) is 5.15 Å². The minimum Gasteiger partial charge on any atom is -0.244 e. The summed E-state index contributed by atoms with van der Waals surface area (Å²) in [7, 11) is 0. The minimum atomic E-state index is 0.514. The highest BCUT2D eigenvalue weighted by Gasteiger charge is 1.99. The van der Waals surface area contributed by atoms with Gasteiger partial charge in [0.2, 0.25) is 0 Å². The third-order valence-corrected chi connectivity index (χ3v) is 3.09. The molecule has 2 aromatic rings. The van der Waals surface area contributed by atoms with Gasteiger partial charge in [0.15, 0.2) is 5.16 Å². The van der Waals surface area contributed by atoms with Gasteiger partial charge in [0.25, 0.3) is 0 Å². The zero-order chi connectivity index (χ0) is 11.4. The lowest BCUT2D eigenvalue weighted by Gasteiger charge is -2.00. The molecule has 0 saturated heterocycles. The van der Waals surface area contributed by atoms with Gasteiger partial charge in [-0.25, -0.2) is 15.0 Å². The summed E-state index contributed by atoms with van der Waals surface area (Å²) in [6.07, 6.45) is 3.54. The summed E-state index contributed by atoms with van der Waals surface area (Å²) in [6, 6.07) is 5.63. The number of hydrogen-bond acceptors (Lipinski definition) is 4. The van der Waals surface area contributed by atoms with Gasteiger partial charge >= 0.3 is 0 Å². The van der Waals surface area contributed by atoms with Crippen molar-refractivity contribution in [2.45, 2.75) is 17.8 Å². The Balaban J connectivity index is 1.99. The van der Waals surface area contributed by atoms with Gasteiger partial charge in [-0.15, -0.1) is 0 Å². The molecule has 0 aliphatic heterocycles. The Morgan fingerprint density at radius 1 is 1.25 bits per heavy atom. The highest BCUT2D eigenvalue weighted by atomic mass is 35.5. The zero-order valence-electron chi connectivity index (χ0n) is 8.72. The van der Waals surface area contributed by atoms with Crippen molar-refractivity contribution >= 4 is 23.4 Å². The first-order chi connectivity index (χ1) is 7.74. The van der Waals surface area contributed by atoms with Gasteiger partial charge in [0.05, 0.1) is 0 Å². The fraction of sp³-hybridized carbons (Fsp3) is 0.182. The largest absolute Gasteiger partial charge is 0.244 e. The van der Waals surface area contributed by atoms with Gasteiger partial charge in [-0.3, -0.25) is 0 Å². The highest BCUT2D eigenvalue weighted by molar-refractivity contribution is 7.98. The lowest BCUT2D eigenvalue weighted by Crippen LogP contribution is -1.89. The molecule has 0 amide bonds. The van der Waals surface area contributed by atoms with E-state index in [4.69, 9.17) is 11.6 Å². The van der Waals surface area contributed by atoms with E-state index >= 15 is 0 Å². The molecule has 2 rings (SSSR count).